The number of rotatable bonds is 4. The molecule has 0 aromatic heterocycles. The van der Waals surface area contributed by atoms with Gasteiger partial charge in [-0.2, -0.15) is 0 Å². The monoisotopic (exact) mass is 375 g/mol. The van der Waals surface area contributed by atoms with Gasteiger partial charge < -0.3 is 20.4 Å². The predicted molar refractivity (Wildman–Crippen MR) is 99.1 cm³/mol. The standard InChI is InChI=1S/C18H18ClN3O4/c19-12-5-6-16-14(11-12)20-17(25)13-3-1-2-4-15(13)22(16)18(26)21(7-9-23)8-10-24/h1-6,11,23-24H,7-10H2,(H,20,25). The zero-order chi connectivity index (χ0) is 18.7. The molecule has 0 fully saturated rings. The zero-order valence-corrected chi connectivity index (χ0v) is 14.6. The quantitative estimate of drug-likeness (QED) is 0.765. The summed E-state index contributed by atoms with van der Waals surface area (Å²) in [5, 5.41) is 21.7. The van der Waals surface area contributed by atoms with Crippen molar-refractivity contribution >= 4 is 40.6 Å². The Balaban J connectivity index is 2.17. The molecule has 1 aliphatic heterocycles. The maximum Gasteiger partial charge on any atom is 0.329 e. The van der Waals surface area contributed by atoms with Crippen LogP contribution in [0.2, 0.25) is 5.02 Å². The number of halogens is 1. The van der Waals surface area contributed by atoms with Gasteiger partial charge in [0.2, 0.25) is 0 Å². The number of nitrogens with one attached hydrogen (secondary N) is 1. The number of amides is 3. The van der Waals surface area contributed by atoms with Gasteiger partial charge >= 0.3 is 6.03 Å². The molecule has 1 aliphatic rings. The van der Waals surface area contributed by atoms with Crippen molar-refractivity contribution in [3.63, 3.8) is 0 Å². The van der Waals surface area contributed by atoms with E-state index in [1.807, 2.05) is 0 Å². The van der Waals surface area contributed by atoms with Gasteiger partial charge in [-0.1, -0.05) is 23.7 Å². The number of hydrogen-bond donors (Lipinski definition) is 3. The minimum Gasteiger partial charge on any atom is -0.395 e. The van der Waals surface area contributed by atoms with Crippen molar-refractivity contribution in [2.75, 3.05) is 36.5 Å². The van der Waals surface area contributed by atoms with Crippen molar-refractivity contribution in [1.82, 2.24) is 4.90 Å². The first-order valence-corrected chi connectivity index (χ1v) is 8.45. The third kappa shape index (κ3) is 3.37. The van der Waals surface area contributed by atoms with Crippen LogP contribution in [0.25, 0.3) is 0 Å². The van der Waals surface area contributed by atoms with Crippen LogP contribution in [0.5, 0.6) is 0 Å². The van der Waals surface area contributed by atoms with Crippen molar-refractivity contribution in [3.05, 3.63) is 53.1 Å². The molecule has 0 saturated heterocycles. The number of aliphatic hydroxyl groups is 2. The lowest BCUT2D eigenvalue weighted by Crippen LogP contribution is -2.44. The average molecular weight is 376 g/mol. The van der Waals surface area contributed by atoms with Crippen molar-refractivity contribution < 1.29 is 19.8 Å². The number of urea groups is 1. The van der Waals surface area contributed by atoms with E-state index in [1.54, 1.807) is 42.5 Å². The van der Waals surface area contributed by atoms with Gasteiger partial charge in [0.1, 0.15) is 0 Å². The summed E-state index contributed by atoms with van der Waals surface area (Å²) >= 11 is 6.05. The molecule has 8 heteroatoms. The number of nitrogens with zero attached hydrogens (tertiary/aromatic N) is 2. The van der Waals surface area contributed by atoms with Crippen LogP contribution in [0.1, 0.15) is 10.4 Å². The molecule has 7 nitrogen and oxygen atoms in total. The number of carbonyl (C=O) groups excluding carboxylic acids is 2. The lowest BCUT2D eigenvalue weighted by atomic mass is 10.1. The number of anilines is 3. The lowest BCUT2D eigenvalue weighted by Gasteiger charge is -2.30. The van der Waals surface area contributed by atoms with Crippen LogP contribution in [-0.2, 0) is 0 Å². The summed E-state index contributed by atoms with van der Waals surface area (Å²) in [6.07, 6.45) is 0. The predicted octanol–water partition coefficient (Wildman–Crippen LogP) is 2.45. The smallest absolute Gasteiger partial charge is 0.329 e. The fourth-order valence-corrected chi connectivity index (χ4v) is 3.05. The summed E-state index contributed by atoms with van der Waals surface area (Å²) in [5.41, 5.74) is 1.61. The van der Waals surface area contributed by atoms with Crippen LogP contribution in [0, 0.1) is 0 Å². The topological polar surface area (TPSA) is 93.1 Å². The van der Waals surface area contributed by atoms with Gasteiger partial charge in [-0.25, -0.2) is 4.79 Å². The van der Waals surface area contributed by atoms with E-state index >= 15 is 0 Å². The third-order valence-electron chi connectivity index (χ3n) is 4.04. The van der Waals surface area contributed by atoms with Gasteiger partial charge in [0.15, 0.2) is 0 Å². The molecule has 0 radical (unpaired) electrons. The van der Waals surface area contributed by atoms with Crippen LogP contribution in [0.15, 0.2) is 42.5 Å². The number of hydrogen-bond acceptors (Lipinski definition) is 4. The molecule has 0 bridgehead atoms. The second-order valence-electron chi connectivity index (χ2n) is 5.68. The highest BCUT2D eigenvalue weighted by Crippen LogP contribution is 2.39. The van der Waals surface area contributed by atoms with Crippen LogP contribution in [-0.4, -0.2) is 53.4 Å². The minimum atomic E-state index is -0.458. The Morgan fingerprint density at radius 1 is 1.08 bits per heavy atom. The molecule has 2 aromatic carbocycles. The van der Waals surface area contributed by atoms with Gasteiger partial charge in [-0.05, 0) is 30.3 Å². The van der Waals surface area contributed by atoms with E-state index in [4.69, 9.17) is 11.6 Å². The summed E-state index contributed by atoms with van der Waals surface area (Å²) in [5.74, 6) is -0.352. The molecule has 0 atom stereocenters. The Bertz CT molecular complexity index is 837. The molecule has 136 valence electrons. The first kappa shape index (κ1) is 18.2. The molecular weight excluding hydrogens is 358 g/mol. The molecule has 2 aromatic rings. The van der Waals surface area contributed by atoms with E-state index in [0.717, 1.165) is 0 Å². The van der Waals surface area contributed by atoms with Gasteiger partial charge in [-0.3, -0.25) is 9.69 Å². The SMILES string of the molecule is O=C1Nc2cc(Cl)ccc2N(C(=O)N(CCO)CCO)c2ccccc21. The van der Waals surface area contributed by atoms with Crippen molar-refractivity contribution in [2.24, 2.45) is 0 Å². The Hall–Kier alpha value is -2.61. The molecule has 0 aliphatic carbocycles. The normalized spacial score (nSPS) is 12.7. The van der Waals surface area contributed by atoms with Gasteiger partial charge in [-0.15, -0.1) is 0 Å². The Kier molecular flexibility index (Phi) is 5.41. The average Bonchev–Trinajstić information content (AvgIpc) is 2.75. The van der Waals surface area contributed by atoms with Crippen LogP contribution >= 0.6 is 11.6 Å². The Labute approximate surface area is 155 Å². The van der Waals surface area contributed by atoms with Gasteiger partial charge in [0, 0.05) is 18.1 Å². The fourth-order valence-electron chi connectivity index (χ4n) is 2.88. The van der Waals surface area contributed by atoms with Crippen molar-refractivity contribution in [1.29, 1.82) is 0 Å². The molecule has 0 unspecified atom stereocenters. The van der Waals surface area contributed by atoms with E-state index in [-0.39, 0.29) is 32.2 Å². The Morgan fingerprint density at radius 2 is 1.77 bits per heavy atom. The van der Waals surface area contributed by atoms with Crippen LogP contribution < -0.4 is 10.2 Å². The van der Waals surface area contributed by atoms with Crippen molar-refractivity contribution in [3.8, 4) is 0 Å². The summed E-state index contributed by atoms with van der Waals surface area (Å²) in [7, 11) is 0. The van der Waals surface area contributed by atoms with E-state index in [9.17, 15) is 19.8 Å². The first-order chi connectivity index (χ1) is 12.6. The number of aliphatic hydroxyl groups excluding tert-OH is 2. The van der Waals surface area contributed by atoms with E-state index < -0.39 is 6.03 Å². The summed E-state index contributed by atoms with van der Waals surface area (Å²) < 4.78 is 0. The maximum absolute atomic E-state index is 13.2. The Morgan fingerprint density at radius 3 is 2.46 bits per heavy atom. The molecular formula is C18H18ClN3O4. The highest BCUT2D eigenvalue weighted by atomic mass is 35.5. The largest absolute Gasteiger partial charge is 0.395 e. The lowest BCUT2D eigenvalue weighted by molar-refractivity contribution is 0.102. The van der Waals surface area contributed by atoms with E-state index in [0.29, 0.717) is 27.6 Å². The number of carbonyl (C=O) groups is 2. The highest BCUT2D eigenvalue weighted by Gasteiger charge is 2.31. The van der Waals surface area contributed by atoms with Crippen LogP contribution in [0.4, 0.5) is 21.9 Å². The maximum atomic E-state index is 13.2. The minimum absolute atomic E-state index is 0.0579. The number of para-hydroxylation sites is 1. The third-order valence-corrected chi connectivity index (χ3v) is 4.27. The number of fused-ring (bicyclic) bond motifs is 2. The molecule has 3 N–H and O–H groups in total. The molecule has 3 amide bonds. The second-order valence-corrected chi connectivity index (χ2v) is 6.12. The number of benzene rings is 2. The van der Waals surface area contributed by atoms with Crippen LogP contribution in [0.3, 0.4) is 0 Å². The molecule has 0 spiro atoms. The van der Waals surface area contributed by atoms with Gasteiger partial charge in [0.25, 0.3) is 5.91 Å². The molecule has 26 heavy (non-hydrogen) atoms. The summed E-state index contributed by atoms with van der Waals surface area (Å²) in [6, 6.07) is 11.1. The first-order valence-electron chi connectivity index (χ1n) is 8.07. The summed E-state index contributed by atoms with van der Waals surface area (Å²) in [6.45, 7) is -0.373. The zero-order valence-electron chi connectivity index (χ0n) is 13.9. The molecule has 3 rings (SSSR count). The van der Waals surface area contributed by atoms with Crippen molar-refractivity contribution in [2.45, 2.75) is 0 Å². The van der Waals surface area contributed by atoms with E-state index in [2.05, 4.69) is 5.32 Å². The second kappa shape index (κ2) is 7.74. The highest BCUT2D eigenvalue weighted by molar-refractivity contribution is 6.31. The molecule has 0 saturated carbocycles. The van der Waals surface area contributed by atoms with E-state index in [1.165, 1.54) is 9.80 Å². The fraction of sp³-hybridized carbons (Fsp3) is 0.222. The summed E-state index contributed by atoms with van der Waals surface area (Å²) in [4.78, 5) is 28.5. The van der Waals surface area contributed by atoms with Gasteiger partial charge in [0.05, 0.1) is 35.8 Å². The molecule has 1 heterocycles.